The van der Waals surface area contributed by atoms with Gasteiger partial charge in [-0.1, -0.05) is 0 Å². The Morgan fingerprint density at radius 2 is 2.37 bits per heavy atom. The third-order valence-corrected chi connectivity index (χ3v) is 3.86. The van der Waals surface area contributed by atoms with E-state index in [4.69, 9.17) is 0 Å². The molecule has 5 heteroatoms. The van der Waals surface area contributed by atoms with E-state index in [1.807, 2.05) is 16.7 Å². The molecule has 0 spiro atoms. The van der Waals surface area contributed by atoms with Crippen LogP contribution in [0.1, 0.15) is 29.0 Å². The van der Waals surface area contributed by atoms with Gasteiger partial charge in [-0.25, -0.2) is 0 Å². The van der Waals surface area contributed by atoms with Gasteiger partial charge in [0.05, 0.1) is 5.56 Å². The van der Waals surface area contributed by atoms with E-state index >= 15 is 0 Å². The van der Waals surface area contributed by atoms with Gasteiger partial charge in [0, 0.05) is 19.2 Å². The van der Waals surface area contributed by atoms with E-state index in [2.05, 4.69) is 22.1 Å². The molecule has 1 fully saturated rings. The van der Waals surface area contributed by atoms with E-state index in [1.165, 1.54) is 19.4 Å². The van der Waals surface area contributed by atoms with Crippen molar-refractivity contribution in [3.05, 3.63) is 29.7 Å². The van der Waals surface area contributed by atoms with Gasteiger partial charge >= 0.3 is 0 Å². The predicted octanol–water partition coefficient (Wildman–Crippen LogP) is 1.43. The maximum atomic E-state index is 11.0. The average Bonchev–Trinajstić information content (AvgIpc) is 2.82. The normalized spacial score (nSPS) is 20.8. The quantitative estimate of drug-likeness (QED) is 0.781. The summed E-state index contributed by atoms with van der Waals surface area (Å²) in [5.74, 6) is 1.59. The van der Waals surface area contributed by atoms with Crippen LogP contribution >= 0.6 is 0 Å². The first kappa shape index (κ1) is 12.3. The van der Waals surface area contributed by atoms with Crippen molar-refractivity contribution >= 4 is 11.9 Å². The van der Waals surface area contributed by atoms with Gasteiger partial charge in [0.25, 0.3) is 0 Å². The zero-order valence-electron chi connectivity index (χ0n) is 11.1. The van der Waals surface area contributed by atoms with Crippen LogP contribution in [-0.2, 0) is 6.42 Å². The maximum absolute atomic E-state index is 11.0. The number of piperidine rings is 1. The lowest BCUT2D eigenvalue weighted by atomic mass is 9.95. The number of fused-ring (bicyclic) bond motifs is 1. The van der Waals surface area contributed by atoms with Crippen molar-refractivity contribution in [2.75, 3.05) is 20.1 Å². The minimum absolute atomic E-state index is 0.599. The fraction of sp³-hybridized carbons (Fsp3) is 0.500. The summed E-state index contributed by atoms with van der Waals surface area (Å²) in [5, 5.41) is 8.40. The number of hydrogen-bond acceptors (Lipinski definition) is 4. The Balaban J connectivity index is 1.87. The van der Waals surface area contributed by atoms with Crippen molar-refractivity contribution in [3.8, 4) is 0 Å². The minimum Gasteiger partial charge on any atom is -0.306 e. The molecular weight excluding hydrogens is 240 g/mol. The van der Waals surface area contributed by atoms with Crippen LogP contribution in [0.25, 0.3) is 5.65 Å². The van der Waals surface area contributed by atoms with Crippen molar-refractivity contribution in [2.24, 2.45) is 5.92 Å². The lowest BCUT2D eigenvalue weighted by molar-refractivity contribution is 0.112. The Morgan fingerprint density at radius 1 is 1.47 bits per heavy atom. The predicted molar refractivity (Wildman–Crippen MR) is 72.3 cm³/mol. The molecule has 1 saturated heterocycles. The third-order valence-electron chi connectivity index (χ3n) is 3.86. The van der Waals surface area contributed by atoms with Gasteiger partial charge < -0.3 is 4.90 Å². The fourth-order valence-electron chi connectivity index (χ4n) is 2.91. The minimum atomic E-state index is 0.599. The van der Waals surface area contributed by atoms with Gasteiger partial charge in [0.15, 0.2) is 11.9 Å². The van der Waals surface area contributed by atoms with Crippen LogP contribution in [0.2, 0.25) is 0 Å². The molecule has 1 aliphatic rings. The van der Waals surface area contributed by atoms with Gasteiger partial charge in [0.2, 0.25) is 0 Å². The van der Waals surface area contributed by atoms with Crippen LogP contribution in [0.15, 0.2) is 18.3 Å². The summed E-state index contributed by atoms with van der Waals surface area (Å²) in [4.78, 5) is 13.3. The lowest BCUT2D eigenvalue weighted by Crippen LogP contribution is -2.33. The molecule has 2 aromatic heterocycles. The van der Waals surface area contributed by atoms with Crippen LogP contribution < -0.4 is 0 Å². The molecule has 3 rings (SSSR count). The van der Waals surface area contributed by atoms with E-state index in [0.29, 0.717) is 17.1 Å². The Morgan fingerprint density at radius 3 is 3.16 bits per heavy atom. The number of nitrogens with zero attached hydrogens (tertiary/aromatic N) is 4. The van der Waals surface area contributed by atoms with E-state index < -0.39 is 0 Å². The van der Waals surface area contributed by atoms with Gasteiger partial charge in [-0.2, -0.15) is 0 Å². The van der Waals surface area contributed by atoms with Crippen LogP contribution in [-0.4, -0.2) is 45.9 Å². The van der Waals surface area contributed by atoms with Crippen LogP contribution in [0.3, 0.4) is 0 Å². The van der Waals surface area contributed by atoms with Crippen molar-refractivity contribution < 1.29 is 4.79 Å². The number of carbonyl (C=O) groups is 1. The van der Waals surface area contributed by atoms with E-state index in [-0.39, 0.29) is 0 Å². The third kappa shape index (κ3) is 2.38. The average molecular weight is 258 g/mol. The number of aldehydes is 1. The van der Waals surface area contributed by atoms with Crippen molar-refractivity contribution in [3.63, 3.8) is 0 Å². The Bertz CT molecular complexity index is 592. The first-order valence-corrected chi connectivity index (χ1v) is 6.74. The molecule has 0 aromatic carbocycles. The first-order chi connectivity index (χ1) is 9.28. The molecule has 1 atom stereocenters. The molecule has 0 N–H and O–H groups in total. The number of pyridine rings is 1. The largest absolute Gasteiger partial charge is 0.306 e. The summed E-state index contributed by atoms with van der Waals surface area (Å²) in [6.45, 7) is 2.30. The molecule has 0 saturated carbocycles. The molecule has 0 bridgehead atoms. The Labute approximate surface area is 112 Å². The number of hydrogen-bond donors (Lipinski definition) is 0. The first-order valence-electron chi connectivity index (χ1n) is 6.74. The Kier molecular flexibility index (Phi) is 3.29. The van der Waals surface area contributed by atoms with E-state index in [0.717, 1.165) is 25.1 Å². The highest BCUT2D eigenvalue weighted by atomic mass is 16.1. The summed E-state index contributed by atoms with van der Waals surface area (Å²) >= 11 is 0. The van der Waals surface area contributed by atoms with Gasteiger partial charge in [-0.15, -0.1) is 10.2 Å². The summed E-state index contributed by atoms with van der Waals surface area (Å²) < 4.78 is 1.94. The second-order valence-corrected chi connectivity index (χ2v) is 5.37. The monoisotopic (exact) mass is 258 g/mol. The number of likely N-dealkylation sites (tertiary alicyclic amines) is 1. The second kappa shape index (κ2) is 5.09. The van der Waals surface area contributed by atoms with Crippen molar-refractivity contribution in [1.29, 1.82) is 0 Å². The maximum Gasteiger partial charge on any atom is 0.171 e. The SMILES string of the molecule is CN1CCCC(Cc2nnc3c(C=O)cccn23)C1. The molecule has 2 aromatic rings. The van der Waals surface area contributed by atoms with E-state index in [1.54, 1.807) is 6.07 Å². The number of aromatic nitrogens is 3. The smallest absolute Gasteiger partial charge is 0.171 e. The molecule has 5 nitrogen and oxygen atoms in total. The number of rotatable bonds is 3. The fourth-order valence-corrected chi connectivity index (χ4v) is 2.91. The highest BCUT2D eigenvalue weighted by Gasteiger charge is 2.20. The summed E-state index contributed by atoms with van der Waals surface area (Å²) in [6, 6.07) is 3.64. The van der Waals surface area contributed by atoms with Crippen molar-refractivity contribution in [2.45, 2.75) is 19.3 Å². The van der Waals surface area contributed by atoms with E-state index in [9.17, 15) is 4.79 Å². The molecular formula is C14H18N4O. The molecule has 0 amide bonds. The standard InChI is InChI=1S/C14H18N4O/c1-17-6-2-4-11(9-17)8-13-15-16-14-12(10-19)5-3-7-18(13)14/h3,5,7,10-11H,2,4,6,8-9H2,1H3. The van der Waals surface area contributed by atoms with Crippen LogP contribution in [0.4, 0.5) is 0 Å². The molecule has 0 radical (unpaired) electrons. The summed E-state index contributed by atoms with van der Waals surface area (Å²) in [6.07, 6.45) is 6.18. The zero-order chi connectivity index (χ0) is 13.2. The lowest BCUT2D eigenvalue weighted by Gasteiger charge is -2.29. The van der Waals surface area contributed by atoms with Gasteiger partial charge in [-0.3, -0.25) is 9.20 Å². The molecule has 0 aliphatic carbocycles. The highest BCUT2D eigenvalue weighted by molar-refractivity contribution is 5.83. The Hall–Kier alpha value is -1.75. The molecule has 1 unspecified atom stereocenters. The second-order valence-electron chi connectivity index (χ2n) is 5.37. The van der Waals surface area contributed by atoms with Crippen LogP contribution in [0, 0.1) is 5.92 Å². The molecule has 1 aliphatic heterocycles. The summed E-state index contributed by atoms with van der Waals surface area (Å²) in [7, 11) is 2.17. The number of carbonyl (C=O) groups excluding carboxylic acids is 1. The highest BCUT2D eigenvalue weighted by Crippen LogP contribution is 2.20. The van der Waals surface area contributed by atoms with Crippen molar-refractivity contribution in [1.82, 2.24) is 19.5 Å². The topological polar surface area (TPSA) is 50.5 Å². The van der Waals surface area contributed by atoms with Gasteiger partial charge in [-0.05, 0) is 44.5 Å². The molecule has 19 heavy (non-hydrogen) atoms. The molecule has 100 valence electrons. The van der Waals surface area contributed by atoms with Gasteiger partial charge in [0.1, 0.15) is 5.82 Å². The van der Waals surface area contributed by atoms with Crippen LogP contribution in [0.5, 0.6) is 0 Å². The summed E-state index contributed by atoms with van der Waals surface area (Å²) in [5.41, 5.74) is 1.26. The zero-order valence-corrected chi connectivity index (χ0v) is 11.1. The molecule has 3 heterocycles.